The monoisotopic (exact) mass is 457 g/mol. The average molecular weight is 457 g/mol. The van der Waals surface area contributed by atoms with Crippen molar-refractivity contribution in [3.05, 3.63) is 87.0 Å². The van der Waals surface area contributed by atoms with Crippen LogP contribution in [0.3, 0.4) is 0 Å². The molecule has 4 heteroatoms. The van der Waals surface area contributed by atoms with Crippen LogP contribution in [0.4, 0.5) is 0 Å². The Hall–Kier alpha value is -2.05. The predicted molar refractivity (Wildman–Crippen MR) is 112 cm³/mol. The number of ether oxygens (including phenoxy) is 2. The summed E-state index contributed by atoms with van der Waals surface area (Å²) >= 11 is 2.43. The van der Waals surface area contributed by atoms with Gasteiger partial charge in [0.1, 0.15) is 5.75 Å². The van der Waals surface area contributed by atoms with Crippen LogP contribution in [0, 0.1) is 3.57 Å². The second-order valence-electron chi connectivity index (χ2n) is 6.42. The van der Waals surface area contributed by atoms with Crippen LogP contribution in [0.5, 0.6) is 17.2 Å². The first-order chi connectivity index (χ1) is 12.7. The summed E-state index contributed by atoms with van der Waals surface area (Å²) < 4.78 is 12.8. The summed E-state index contributed by atoms with van der Waals surface area (Å²) in [5, 5.41) is 0. The third-order valence-electron chi connectivity index (χ3n) is 4.59. The first-order valence-electron chi connectivity index (χ1n) is 8.61. The van der Waals surface area contributed by atoms with Crippen LogP contribution in [0.1, 0.15) is 16.7 Å². The number of halogens is 1. The number of fused-ring (bicyclic) bond motifs is 1. The fraction of sp³-hybridized carbons (Fsp3) is 0.182. The van der Waals surface area contributed by atoms with Crippen molar-refractivity contribution in [1.29, 1.82) is 0 Å². The van der Waals surface area contributed by atoms with Crippen LogP contribution in [-0.4, -0.2) is 12.0 Å². The number of rotatable bonds is 5. The maximum absolute atomic E-state index is 6.04. The summed E-state index contributed by atoms with van der Waals surface area (Å²) in [5.74, 6) is 2.30. The molecule has 0 aliphatic carbocycles. The van der Waals surface area contributed by atoms with Crippen molar-refractivity contribution in [2.24, 2.45) is 0 Å². The quantitative estimate of drug-likeness (QED) is 0.465. The molecule has 0 bridgehead atoms. The Morgan fingerprint density at radius 3 is 2.54 bits per heavy atom. The summed E-state index contributed by atoms with van der Waals surface area (Å²) in [7, 11) is 1.66. The van der Waals surface area contributed by atoms with Crippen LogP contribution < -0.4 is 9.47 Å². The number of para-hydroxylation sites is 2. The maximum Gasteiger partial charge on any atom is 0.169 e. The second kappa shape index (κ2) is 7.68. The van der Waals surface area contributed by atoms with E-state index >= 15 is 0 Å². The van der Waals surface area contributed by atoms with Crippen LogP contribution in [0.2, 0.25) is 0 Å². The SMILES string of the molecule is COc1ccccc1Oc1cccc(CN2Cc3cccc(I)c3C2)c1. The molecular weight excluding hydrogens is 437 g/mol. The van der Waals surface area contributed by atoms with Gasteiger partial charge in [-0.3, -0.25) is 4.90 Å². The highest BCUT2D eigenvalue weighted by Gasteiger charge is 2.20. The molecule has 0 spiro atoms. The van der Waals surface area contributed by atoms with Gasteiger partial charge in [-0.15, -0.1) is 0 Å². The van der Waals surface area contributed by atoms with Crippen molar-refractivity contribution < 1.29 is 9.47 Å². The van der Waals surface area contributed by atoms with Crippen LogP contribution in [0.15, 0.2) is 66.7 Å². The molecule has 4 rings (SSSR count). The Morgan fingerprint density at radius 2 is 1.73 bits per heavy atom. The van der Waals surface area contributed by atoms with Crippen LogP contribution in [-0.2, 0) is 19.6 Å². The van der Waals surface area contributed by atoms with Crippen LogP contribution in [0.25, 0.3) is 0 Å². The number of hydrogen-bond acceptors (Lipinski definition) is 3. The van der Waals surface area contributed by atoms with Crippen molar-refractivity contribution in [1.82, 2.24) is 4.90 Å². The summed E-state index contributed by atoms with van der Waals surface area (Å²) in [4.78, 5) is 2.47. The van der Waals surface area contributed by atoms with Crippen molar-refractivity contribution in [3.8, 4) is 17.2 Å². The molecule has 0 saturated carbocycles. The van der Waals surface area contributed by atoms with E-state index in [-0.39, 0.29) is 0 Å². The summed E-state index contributed by atoms with van der Waals surface area (Å²) in [6, 6.07) is 22.6. The highest BCUT2D eigenvalue weighted by Crippen LogP contribution is 2.32. The van der Waals surface area contributed by atoms with E-state index in [1.807, 2.05) is 36.4 Å². The number of methoxy groups -OCH3 is 1. The molecule has 0 fully saturated rings. The zero-order valence-electron chi connectivity index (χ0n) is 14.6. The van der Waals surface area contributed by atoms with Gasteiger partial charge in [0.2, 0.25) is 0 Å². The largest absolute Gasteiger partial charge is 0.493 e. The van der Waals surface area contributed by atoms with E-state index in [0.29, 0.717) is 0 Å². The zero-order valence-corrected chi connectivity index (χ0v) is 16.8. The summed E-state index contributed by atoms with van der Waals surface area (Å²) in [5.41, 5.74) is 4.16. The zero-order chi connectivity index (χ0) is 17.9. The molecule has 0 aromatic heterocycles. The van der Waals surface area contributed by atoms with Gasteiger partial charge in [0, 0.05) is 23.2 Å². The first kappa shape index (κ1) is 17.4. The minimum Gasteiger partial charge on any atom is -0.493 e. The highest BCUT2D eigenvalue weighted by molar-refractivity contribution is 14.1. The topological polar surface area (TPSA) is 21.7 Å². The molecule has 3 nitrogen and oxygen atoms in total. The lowest BCUT2D eigenvalue weighted by Crippen LogP contribution is -2.15. The standard InChI is InChI=1S/C22H20INO2/c1-25-21-10-2-3-11-22(21)26-18-8-4-6-16(12-18)13-24-14-17-7-5-9-20(23)19(17)15-24/h2-12H,13-15H2,1H3. The van der Waals surface area contributed by atoms with E-state index in [0.717, 1.165) is 36.9 Å². The lowest BCUT2D eigenvalue weighted by Gasteiger charge is -2.16. The van der Waals surface area contributed by atoms with Gasteiger partial charge in [-0.1, -0.05) is 36.4 Å². The number of nitrogens with zero attached hydrogens (tertiary/aromatic N) is 1. The molecule has 0 amide bonds. The molecule has 1 heterocycles. The molecule has 0 saturated heterocycles. The van der Waals surface area contributed by atoms with Gasteiger partial charge in [0.15, 0.2) is 11.5 Å². The summed E-state index contributed by atoms with van der Waals surface area (Å²) in [6.45, 7) is 2.92. The molecule has 26 heavy (non-hydrogen) atoms. The van der Waals surface area contributed by atoms with Gasteiger partial charge in [-0.05, 0) is 69.6 Å². The molecule has 0 radical (unpaired) electrons. The maximum atomic E-state index is 6.04. The van der Waals surface area contributed by atoms with Crippen molar-refractivity contribution in [3.63, 3.8) is 0 Å². The first-order valence-corrected chi connectivity index (χ1v) is 9.69. The smallest absolute Gasteiger partial charge is 0.169 e. The van der Waals surface area contributed by atoms with Crippen molar-refractivity contribution >= 4 is 22.6 Å². The van der Waals surface area contributed by atoms with Gasteiger partial charge in [0.25, 0.3) is 0 Å². The lowest BCUT2D eigenvalue weighted by atomic mass is 10.1. The van der Waals surface area contributed by atoms with E-state index in [2.05, 4.69) is 57.8 Å². The average Bonchev–Trinajstić information content (AvgIpc) is 3.06. The molecular formula is C22H20INO2. The molecule has 3 aromatic rings. The molecule has 132 valence electrons. The molecule has 0 N–H and O–H groups in total. The Kier molecular flexibility index (Phi) is 5.13. The minimum atomic E-state index is 0.732. The Balaban J connectivity index is 1.48. The van der Waals surface area contributed by atoms with Gasteiger partial charge >= 0.3 is 0 Å². The molecule has 0 unspecified atom stereocenters. The minimum absolute atomic E-state index is 0.732. The van der Waals surface area contributed by atoms with Crippen molar-refractivity contribution in [2.75, 3.05) is 7.11 Å². The number of benzene rings is 3. The fourth-order valence-corrected chi connectivity index (χ4v) is 4.08. The fourth-order valence-electron chi connectivity index (χ4n) is 3.36. The second-order valence-corrected chi connectivity index (χ2v) is 7.59. The van der Waals surface area contributed by atoms with E-state index in [1.54, 1.807) is 7.11 Å². The van der Waals surface area contributed by atoms with Gasteiger partial charge in [-0.2, -0.15) is 0 Å². The molecule has 1 aliphatic rings. The molecule has 1 aliphatic heterocycles. The van der Waals surface area contributed by atoms with E-state index in [4.69, 9.17) is 9.47 Å². The Morgan fingerprint density at radius 1 is 0.923 bits per heavy atom. The van der Waals surface area contributed by atoms with E-state index < -0.39 is 0 Å². The lowest BCUT2D eigenvalue weighted by molar-refractivity contribution is 0.275. The molecule has 0 atom stereocenters. The predicted octanol–water partition coefficient (Wildman–Crippen LogP) is 5.61. The molecule has 3 aromatic carbocycles. The van der Waals surface area contributed by atoms with E-state index in [9.17, 15) is 0 Å². The number of hydrogen-bond donors (Lipinski definition) is 0. The van der Waals surface area contributed by atoms with Crippen molar-refractivity contribution in [2.45, 2.75) is 19.6 Å². The Labute approximate surface area is 167 Å². The Bertz CT molecular complexity index is 926. The normalized spacial score (nSPS) is 13.5. The van der Waals surface area contributed by atoms with Gasteiger partial charge in [0.05, 0.1) is 7.11 Å². The highest BCUT2D eigenvalue weighted by atomic mass is 127. The van der Waals surface area contributed by atoms with Gasteiger partial charge < -0.3 is 9.47 Å². The van der Waals surface area contributed by atoms with E-state index in [1.165, 1.54) is 20.3 Å². The third kappa shape index (κ3) is 3.71. The summed E-state index contributed by atoms with van der Waals surface area (Å²) in [6.07, 6.45) is 0. The van der Waals surface area contributed by atoms with Crippen LogP contribution >= 0.6 is 22.6 Å². The van der Waals surface area contributed by atoms with Gasteiger partial charge in [-0.25, -0.2) is 0 Å². The third-order valence-corrected chi connectivity index (χ3v) is 5.60.